The summed E-state index contributed by atoms with van der Waals surface area (Å²) in [4.78, 5) is 8.66. The van der Waals surface area contributed by atoms with Crippen LogP contribution >= 0.6 is 15.9 Å². The quantitative estimate of drug-likeness (QED) is 0.546. The van der Waals surface area contributed by atoms with Crippen LogP contribution in [0.25, 0.3) is 11.0 Å². The molecule has 0 spiro atoms. The molecule has 0 saturated heterocycles. The summed E-state index contributed by atoms with van der Waals surface area (Å²) in [7, 11) is 0. The van der Waals surface area contributed by atoms with Gasteiger partial charge in [-0.05, 0) is 36.8 Å². The van der Waals surface area contributed by atoms with Gasteiger partial charge in [0.25, 0.3) is 0 Å². The number of hydrogen-bond donors (Lipinski definition) is 1. The van der Waals surface area contributed by atoms with Crippen molar-refractivity contribution in [2.24, 2.45) is 0 Å². The lowest BCUT2D eigenvalue weighted by Crippen LogP contribution is -1.99. The van der Waals surface area contributed by atoms with Crippen LogP contribution in [0, 0.1) is 6.92 Å². The lowest BCUT2D eigenvalue weighted by molar-refractivity contribution is 0.693. The van der Waals surface area contributed by atoms with E-state index in [-0.39, 0.29) is 0 Å². The second-order valence-corrected chi connectivity index (χ2v) is 6.82. The molecule has 0 fully saturated rings. The Morgan fingerprint density at radius 2 is 1.92 bits per heavy atom. The molecule has 0 radical (unpaired) electrons. The van der Waals surface area contributed by atoms with Gasteiger partial charge in [-0.2, -0.15) is 5.10 Å². The summed E-state index contributed by atoms with van der Waals surface area (Å²) >= 11 is 3.50. The van der Waals surface area contributed by atoms with Gasteiger partial charge in [-0.25, -0.2) is 9.97 Å². The molecule has 124 valence electrons. The van der Waals surface area contributed by atoms with E-state index in [0.29, 0.717) is 12.2 Å². The number of fused-ring (bicyclic) bond motifs is 1. The van der Waals surface area contributed by atoms with E-state index in [9.17, 15) is 0 Å². The number of hydrogen-bond acceptors (Lipinski definition) is 4. The third kappa shape index (κ3) is 3.53. The fourth-order valence-electron chi connectivity index (χ4n) is 2.66. The number of rotatable bonds is 4. The Kier molecular flexibility index (Phi) is 4.19. The zero-order valence-electron chi connectivity index (χ0n) is 13.6. The normalized spacial score (nSPS) is 11.0. The summed E-state index contributed by atoms with van der Waals surface area (Å²) in [6.45, 7) is 2.75. The first kappa shape index (κ1) is 15.8. The Balaban J connectivity index is 1.65. The van der Waals surface area contributed by atoms with E-state index < -0.39 is 0 Å². The summed E-state index contributed by atoms with van der Waals surface area (Å²) in [5, 5.41) is 8.81. The minimum absolute atomic E-state index is 0.680. The van der Waals surface area contributed by atoms with Crippen LogP contribution in [0.3, 0.4) is 0 Å². The summed E-state index contributed by atoms with van der Waals surface area (Å²) in [6.07, 6.45) is 3.52. The third-order valence-electron chi connectivity index (χ3n) is 3.91. The predicted molar refractivity (Wildman–Crippen MR) is 103 cm³/mol. The average Bonchev–Trinajstić information content (AvgIpc) is 3.00. The van der Waals surface area contributed by atoms with Gasteiger partial charge in [-0.3, -0.25) is 4.68 Å². The number of aromatic nitrogens is 4. The van der Waals surface area contributed by atoms with Crippen LogP contribution in [0.1, 0.15) is 11.1 Å². The topological polar surface area (TPSA) is 55.6 Å². The van der Waals surface area contributed by atoms with Gasteiger partial charge >= 0.3 is 0 Å². The molecule has 2 aromatic carbocycles. The van der Waals surface area contributed by atoms with Crippen LogP contribution in [-0.2, 0) is 6.54 Å². The molecule has 1 N–H and O–H groups in total. The molecule has 0 amide bonds. The monoisotopic (exact) mass is 393 g/mol. The van der Waals surface area contributed by atoms with E-state index in [0.717, 1.165) is 21.4 Å². The van der Waals surface area contributed by atoms with Gasteiger partial charge in [-0.1, -0.05) is 45.8 Å². The maximum Gasteiger partial charge on any atom is 0.186 e. The van der Waals surface area contributed by atoms with E-state index >= 15 is 0 Å². The van der Waals surface area contributed by atoms with E-state index in [1.54, 1.807) is 0 Å². The molecule has 2 heterocycles. The Morgan fingerprint density at radius 1 is 1.08 bits per heavy atom. The molecule has 4 aromatic rings. The second-order valence-electron chi connectivity index (χ2n) is 5.91. The fourth-order valence-corrected chi connectivity index (χ4v) is 3.11. The molecule has 6 heteroatoms. The van der Waals surface area contributed by atoms with Gasteiger partial charge in [-0.15, -0.1) is 0 Å². The summed E-state index contributed by atoms with van der Waals surface area (Å²) in [5.41, 5.74) is 4.06. The number of aryl methyl sites for hydroxylation is 1. The van der Waals surface area contributed by atoms with Crippen molar-refractivity contribution in [3.8, 4) is 0 Å². The van der Waals surface area contributed by atoms with Gasteiger partial charge in [0.05, 0.1) is 11.9 Å². The Morgan fingerprint density at radius 3 is 2.72 bits per heavy atom. The van der Waals surface area contributed by atoms with Gasteiger partial charge in [0.2, 0.25) is 0 Å². The van der Waals surface area contributed by atoms with E-state index in [2.05, 4.69) is 67.5 Å². The van der Waals surface area contributed by atoms with E-state index in [4.69, 9.17) is 0 Å². The molecule has 0 aliphatic rings. The van der Waals surface area contributed by atoms with Crippen LogP contribution < -0.4 is 5.32 Å². The molecule has 25 heavy (non-hydrogen) atoms. The maximum atomic E-state index is 4.56. The highest BCUT2D eigenvalue weighted by molar-refractivity contribution is 9.10. The highest BCUT2D eigenvalue weighted by Crippen LogP contribution is 2.23. The summed E-state index contributed by atoms with van der Waals surface area (Å²) < 4.78 is 2.95. The predicted octanol–water partition coefficient (Wildman–Crippen LogP) is 4.69. The molecular weight excluding hydrogens is 378 g/mol. The lowest BCUT2D eigenvalue weighted by atomic mass is 10.2. The third-order valence-corrected chi connectivity index (χ3v) is 4.41. The smallest absolute Gasteiger partial charge is 0.186 e. The molecule has 2 aromatic heterocycles. The van der Waals surface area contributed by atoms with E-state index in [1.165, 1.54) is 17.5 Å². The van der Waals surface area contributed by atoms with Crippen LogP contribution in [0.15, 0.2) is 65.5 Å². The molecule has 0 unspecified atom stereocenters. The number of halogens is 1. The van der Waals surface area contributed by atoms with Crippen LogP contribution in [0.5, 0.6) is 0 Å². The first-order valence-electron chi connectivity index (χ1n) is 7.94. The highest BCUT2D eigenvalue weighted by atomic mass is 79.9. The zero-order chi connectivity index (χ0) is 17.2. The summed E-state index contributed by atoms with van der Waals surface area (Å²) in [5.74, 6) is 0.759. The lowest BCUT2D eigenvalue weighted by Gasteiger charge is -2.06. The van der Waals surface area contributed by atoms with Crippen molar-refractivity contribution < 1.29 is 0 Å². The Labute approximate surface area is 153 Å². The number of benzene rings is 2. The largest absolute Gasteiger partial charge is 0.340 e. The first-order chi connectivity index (χ1) is 12.2. The van der Waals surface area contributed by atoms with Crippen molar-refractivity contribution in [1.82, 2.24) is 19.7 Å². The molecule has 4 rings (SSSR count). The van der Waals surface area contributed by atoms with Crippen molar-refractivity contribution in [3.63, 3.8) is 0 Å². The van der Waals surface area contributed by atoms with Crippen LogP contribution in [-0.4, -0.2) is 19.7 Å². The van der Waals surface area contributed by atoms with Gasteiger partial charge in [0.1, 0.15) is 12.1 Å². The van der Waals surface area contributed by atoms with Crippen molar-refractivity contribution in [1.29, 1.82) is 0 Å². The molecule has 0 saturated carbocycles. The number of nitrogens with zero attached hydrogens (tertiary/aromatic N) is 4. The maximum absolute atomic E-state index is 4.56. The molecule has 0 bridgehead atoms. The average molecular weight is 394 g/mol. The second kappa shape index (κ2) is 6.64. The molecule has 0 aliphatic heterocycles. The SMILES string of the molecule is Cc1ccc(Nc2ncnc3nn(Cc4cccc(Br)c4)cc23)cc1. The molecular formula is C19H16BrN5. The van der Waals surface area contributed by atoms with Gasteiger partial charge in [0, 0.05) is 16.4 Å². The van der Waals surface area contributed by atoms with Crippen LogP contribution in [0.2, 0.25) is 0 Å². The van der Waals surface area contributed by atoms with Crippen molar-refractivity contribution in [3.05, 3.63) is 76.7 Å². The van der Waals surface area contributed by atoms with Crippen molar-refractivity contribution in [2.45, 2.75) is 13.5 Å². The minimum Gasteiger partial charge on any atom is -0.340 e. The van der Waals surface area contributed by atoms with Crippen molar-refractivity contribution >= 4 is 38.5 Å². The Hall–Kier alpha value is -2.73. The van der Waals surface area contributed by atoms with Gasteiger partial charge < -0.3 is 5.32 Å². The van der Waals surface area contributed by atoms with E-state index in [1.807, 2.05) is 35.1 Å². The summed E-state index contributed by atoms with van der Waals surface area (Å²) in [6, 6.07) is 16.4. The van der Waals surface area contributed by atoms with Gasteiger partial charge in [0.15, 0.2) is 5.65 Å². The molecule has 0 atom stereocenters. The number of anilines is 2. The zero-order valence-corrected chi connectivity index (χ0v) is 15.2. The number of nitrogens with one attached hydrogen (secondary N) is 1. The fraction of sp³-hybridized carbons (Fsp3) is 0.105. The minimum atomic E-state index is 0.680. The molecule has 0 aliphatic carbocycles. The first-order valence-corrected chi connectivity index (χ1v) is 8.73. The standard InChI is InChI=1S/C19H16BrN5/c1-13-5-7-16(8-6-13)23-18-17-11-25(24-19(17)22-12-21-18)10-14-3-2-4-15(20)9-14/h2-9,11-12H,10H2,1H3,(H,21,22,23,24). The molecule has 5 nitrogen and oxygen atoms in total. The highest BCUT2D eigenvalue weighted by Gasteiger charge is 2.09. The van der Waals surface area contributed by atoms with Crippen molar-refractivity contribution in [2.75, 3.05) is 5.32 Å². The van der Waals surface area contributed by atoms with Crippen LogP contribution in [0.4, 0.5) is 11.5 Å². The Bertz CT molecular complexity index is 1020.